The number of ether oxygens (including phenoxy) is 1. The Kier molecular flexibility index (Phi) is 3.10. The molecule has 0 saturated heterocycles. The predicted molar refractivity (Wildman–Crippen MR) is 66.7 cm³/mol. The largest absolute Gasteiger partial charge is 0.495 e. The van der Waals surface area contributed by atoms with Crippen molar-refractivity contribution in [2.24, 2.45) is 0 Å². The zero-order chi connectivity index (χ0) is 11.4. The van der Waals surface area contributed by atoms with Crippen LogP contribution in [0.4, 0.5) is 5.69 Å². The van der Waals surface area contributed by atoms with Gasteiger partial charge in [-0.3, -0.25) is 0 Å². The van der Waals surface area contributed by atoms with Gasteiger partial charge >= 0.3 is 0 Å². The van der Waals surface area contributed by atoms with Crippen LogP contribution in [-0.2, 0) is 6.42 Å². The van der Waals surface area contributed by atoms with Gasteiger partial charge in [-0.25, -0.2) is 0 Å². The summed E-state index contributed by atoms with van der Waals surface area (Å²) >= 11 is 0. The van der Waals surface area contributed by atoms with Crippen molar-refractivity contribution in [2.75, 3.05) is 12.8 Å². The van der Waals surface area contributed by atoms with E-state index < -0.39 is 0 Å². The lowest BCUT2D eigenvalue weighted by atomic mass is 10.0. The summed E-state index contributed by atoms with van der Waals surface area (Å²) in [6.07, 6.45) is 0.898. The van der Waals surface area contributed by atoms with Crippen molar-refractivity contribution in [1.82, 2.24) is 0 Å². The summed E-state index contributed by atoms with van der Waals surface area (Å²) in [5.41, 5.74) is 9.03. The van der Waals surface area contributed by atoms with Gasteiger partial charge < -0.3 is 10.5 Å². The van der Waals surface area contributed by atoms with Gasteiger partial charge in [0.25, 0.3) is 0 Å². The lowest BCUT2D eigenvalue weighted by Gasteiger charge is -2.07. The molecule has 2 heteroatoms. The topological polar surface area (TPSA) is 35.2 Å². The molecule has 0 aliphatic carbocycles. The van der Waals surface area contributed by atoms with Crippen LogP contribution < -0.4 is 10.5 Å². The van der Waals surface area contributed by atoms with E-state index in [2.05, 4.69) is 12.1 Å². The number of hydrogen-bond donors (Lipinski definition) is 1. The average molecular weight is 213 g/mol. The van der Waals surface area contributed by atoms with E-state index in [1.54, 1.807) is 7.11 Å². The molecule has 0 bridgehead atoms. The molecule has 16 heavy (non-hydrogen) atoms. The molecule has 0 aliphatic rings. The van der Waals surface area contributed by atoms with Crippen molar-refractivity contribution in [3.63, 3.8) is 0 Å². The summed E-state index contributed by atoms with van der Waals surface area (Å²) in [5.74, 6) is 0.733. The quantitative estimate of drug-likeness (QED) is 0.796. The van der Waals surface area contributed by atoms with Gasteiger partial charge in [-0.05, 0) is 29.7 Å². The summed E-state index contributed by atoms with van der Waals surface area (Å²) in [6, 6.07) is 16.2. The van der Waals surface area contributed by atoms with Gasteiger partial charge in [0, 0.05) is 0 Å². The molecule has 0 aromatic heterocycles. The number of hydrogen-bond acceptors (Lipinski definition) is 2. The molecule has 2 aromatic carbocycles. The molecule has 0 amide bonds. The predicted octanol–water partition coefficient (Wildman–Crippen LogP) is 2.87. The van der Waals surface area contributed by atoms with Gasteiger partial charge in [-0.1, -0.05) is 36.4 Å². The van der Waals surface area contributed by atoms with E-state index in [-0.39, 0.29) is 0 Å². The molecule has 2 aromatic rings. The van der Waals surface area contributed by atoms with Crippen LogP contribution in [0.2, 0.25) is 0 Å². The molecule has 0 unspecified atom stereocenters. The van der Waals surface area contributed by atoms with Gasteiger partial charge in [0.2, 0.25) is 0 Å². The van der Waals surface area contributed by atoms with E-state index in [1.807, 2.05) is 36.4 Å². The molecule has 2 N–H and O–H groups in total. The maximum absolute atomic E-state index is 5.86. The summed E-state index contributed by atoms with van der Waals surface area (Å²) in [4.78, 5) is 0. The van der Waals surface area contributed by atoms with Crippen molar-refractivity contribution < 1.29 is 4.74 Å². The Morgan fingerprint density at radius 1 is 1.00 bits per heavy atom. The molecular weight excluding hydrogens is 198 g/mol. The fraction of sp³-hybridized carbons (Fsp3) is 0.143. The second kappa shape index (κ2) is 4.71. The monoisotopic (exact) mass is 213 g/mol. The number of nitrogen functional groups attached to an aromatic ring is 1. The number of benzene rings is 2. The molecule has 0 heterocycles. The maximum Gasteiger partial charge on any atom is 0.141 e. The Balaban J connectivity index is 2.20. The van der Waals surface area contributed by atoms with Gasteiger partial charge in [-0.2, -0.15) is 0 Å². The first-order valence-corrected chi connectivity index (χ1v) is 5.26. The number of methoxy groups -OCH3 is 1. The van der Waals surface area contributed by atoms with E-state index >= 15 is 0 Å². The van der Waals surface area contributed by atoms with E-state index in [0.29, 0.717) is 5.69 Å². The third-order valence-electron chi connectivity index (χ3n) is 2.55. The first-order valence-electron chi connectivity index (χ1n) is 5.26. The molecule has 2 rings (SSSR count). The highest BCUT2D eigenvalue weighted by Gasteiger charge is 2.01. The standard InChI is InChI=1S/C14H15NO/c1-16-14-8-7-12(10-13(14)15)9-11-5-3-2-4-6-11/h2-8,10H,9,15H2,1H3. The molecule has 0 spiro atoms. The lowest BCUT2D eigenvalue weighted by Crippen LogP contribution is -1.95. The normalized spacial score (nSPS) is 10.1. The maximum atomic E-state index is 5.86. The smallest absolute Gasteiger partial charge is 0.141 e. The SMILES string of the molecule is COc1ccc(Cc2ccccc2)cc1N. The van der Waals surface area contributed by atoms with E-state index in [1.165, 1.54) is 11.1 Å². The molecular formula is C14H15NO. The zero-order valence-electron chi connectivity index (χ0n) is 9.31. The van der Waals surface area contributed by atoms with Crippen LogP contribution in [0.3, 0.4) is 0 Å². The van der Waals surface area contributed by atoms with Crippen LogP contribution in [0.15, 0.2) is 48.5 Å². The first kappa shape index (κ1) is 10.6. The van der Waals surface area contributed by atoms with Gasteiger partial charge in [0.15, 0.2) is 0 Å². The first-order chi connectivity index (χ1) is 7.79. The Bertz CT molecular complexity index is 465. The second-order valence-electron chi connectivity index (χ2n) is 3.74. The number of anilines is 1. The van der Waals surface area contributed by atoms with Crippen LogP contribution in [0.1, 0.15) is 11.1 Å². The van der Waals surface area contributed by atoms with Crippen molar-refractivity contribution in [1.29, 1.82) is 0 Å². The average Bonchev–Trinajstić information content (AvgIpc) is 2.31. The van der Waals surface area contributed by atoms with E-state index in [9.17, 15) is 0 Å². The third-order valence-corrected chi connectivity index (χ3v) is 2.55. The van der Waals surface area contributed by atoms with E-state index in [4.69, 9.17) is 10.5 Å². The van der Waals surface area contributed by atoms with Crippen molar-refractivity contribution in [2.45, 2.75) is 6.42 Å². The summed E-state index contributed by atoms with van der Waals surface area (Å²) in [6.45, 7) is 0. The lowest BCUT2D eigenvalue weighted by molar-refractivity contribution is 0.417. The van der Waals surface area contributed by atoms with Crippen molar-refractivity contribution in [3.05, 3.63) is 59.7 Å². The Labute approximate surface area is 95.7 Å². The summed E-state index contributed by atoms with van der Waals surface area (Å²) in [5, 5.41) is 0. The molecule has 82 valence electrons. The molecule has 0 radical (unpaired) electrons. The minimum atomic E-state index is 0.691. The fourth-order valence-electron chi connectivity index (χ4n) is 1.73. The molecule has 2 nitrogen and oxygen atoms in total. The number of nitrogens with two attached hydrogens (primary N) is 1. The van der Waals surface area contributed by atoms with Gasteiger partial charge in [-0.15, -0.1) is 0 Å². The van der Waals surface area contributed by atoms with Crippen molar-refractivity contribution in [3.8, 4) is 5.75 Å². The summed E-state index contributed by atoms with van der Waals surface area (Å²) in [7, 11) is 1.63. The third kappa shape index (κ3) is 2.34. The Morgan fingerprint density at radius 3 is 2.38 bits per heavy atom. The second-order valence-corrected chi connectivity index (χ2v) is 3.74. The van der Waals surface area contributed by atoms with Crippen molar-refractivity contribution >= 4 is 5.69 Å². The van der Waals surface area contributed by atoms with Gasteiger partial charge in [0.1, 0.15) is 5.75 Å². The highest BCUT2D eigenvalue weighted by Crippen LogP contribution is 2.23. The minimum absolute atomic E-state index is 0.691. The van der Waals surface area contributed by atoms with Crippen LogP contribution >= 0.6 is 0 Å². The van der Waals surface area contributed by atoms with Crippen LogP contribution in [0, 0.1) is 0 Å². The Morgan fingerprint density at radius 2 is 1.75 bits per heavy atom. The van der Waals surface area contributed by atoms with Crippen LogP contribution in [-0.4, -0.2) is 7.11 Å². The molecule has 0 fully saturated rings. The highest BCUT2D eigenvalue weighted by molar-refractivity contribution is 5.54. The fourth-order valence-corrected chi connectivity index (χ4v) is 1.73. The Hall–Kier alpha value is -1.96. The van der Waals surface area contributed by atoms with Crippen LogP contribution in [0.5, 0.6) is 5.75 Å². The number of rotatable bonds is 3. The van der Waals surface area contributed by atoms with E-state index in [0.717, 1.165) is 12.2 Å². The molecule has 0 saturated carbocycles. The minimum Gasteiger partial charge on any atom is -0.495 e. The molecule has 0 atom stereocenters. The highest BCUT2D eigenvalue weighted by atomic mass is 16.5. The van der Waals surface area contributed by atoms with Gasteiger partial charge in [0.05, 0.1) is 12.8 Å². The zero-order valence-corrected chi connectivity index (χ0v) is 9.31. The van der Waals surface area contributed by atoms with Crippen LogP contribution in [0.25, 0.3) is 0 Å². The summed E-state index contributed by atoms with van der Waals surface area (Å²) < 4.78 is 5.13. The molecule has 0 aliphatic heterocycles.